The van der Waals surface area contributed by atoms with Crippen molar-refractivity contribution in [3.63, 3.8) is 0 Å². The van der Waals surface area contributed by atoms with Gasteiger partial charge >= 0.3 is 0 Å². The van der Waals surface area contributed by atoms with Crippen molar-refractivity contribution >= 4 is 17.6 Å². The van der Waals surface area contributed by atoms with Gasteiger partial charge in [-0.2, -0.15) is 0 Å². The maximum Gasteiger partial charge on any atom is 0.242 e. The molecule has 1 aromatic carbocycles. The highest BCUT2D eigenvalue weighted by Crippen LogP contribution is 2.23. The Bertz CT molecular complexity index is 939. The standard InChI is InChI=1S/C25H35N5O3/c1-6-19(4)30(25(32)18(2)3)17-24(31)29-14-12-28(13-15-29)23-11-10-22(26-27-23)20-8-7-9-21(16-20)33-5/h7-11,16,18-19H,6,12-15,17H2,1-5H3/t19-/m0/s1. The van der Waals surface area contributed by atoms with Crippen molar-refractivity contribution in [1.82, 2.24) is 20.0 Å². The summed E-state index contributed by atoms with van der Waals surface area (Å²) in [6.45, 7) is 10.5. The van der Waals surface area contributed by atoms with Crippen LogP contribution in [0.15, 0.2) is 36.4 Å². The molecule has 1 saturated heterocycles. The van der Waals surface area contributed by atoms with Crippen LogP contribution in [0, 0.1) is 5.92 Å². The van der Waals surface area contributed by atoms with Crippen LogP contribution < -0.4 is 9.64 Å². The Morgan fingerprint density at radius 2 is 1.79 bits per heavy atom. The summed E-state index contributed by atoms with van der Waals surface area (Å²) in [7, 11) is 1.64. The first kappa shape index (κ1) is 24.5. The normalized spacial score (nSPS) is 14.8. The van der Waals surface area contributed by atoms with Crippen molar-refractivity contribution in [2.24, 2.45) is 5.92 Å². The topological polar surface area (TPSA) is 78.9 Å². The van der Waals surface area contributed by atoms with E-state index in [2.05, 4.69) is 15.1 Å². The molecule has 1 aliphatic rings. The average molecular weight is 454 g/mol. The minimum absolute atomic E-state index is 0.00315. The van der Waals surface area contributed by atoms with Crippen LogP contribution in [0.1, 0.15) is 34.1 Å². The maximum absolute atomic E-state index is 12.9. The van der Waals surface area contributed by atoms with Crippen molar-refractivity contribution in [2.75, 3.05) is 44.7 Å². The zero-order valence-electron chi connectivity index (χ0n) is 20.3. The van der Waals surface area contributed by atoms with Gasteiger partial charge in [0.25, 0.3) is 0 Å². The Hall–Kier alpha value is -3.16. The van der Waals surface area contributed by atoms with Crippen LogP contribution in [-0.4, -0.2) is 77.7 Å². The van der Waals surface area contributed by atoms with E-state index in [0.29, 0.717) is 26.2 Å². The summed E-state index contributed by atoms with van der Waals surface area (Å²) in [5.41, 5.74) is 1.73. The van der Waals surface area contributed by atoms with Gasteiger partial charge in [-0.05, 0) is 37.6 Å². The van der Waals surface area contributed by atoms with Crippen molar-refractivity contribution in [3.8, 4) is 17.0 Å². The summed E-state index contributed by atoms with van der Waals surface area (Å²) in [6, 6.07) is 11.7. The SMILES string of the molecule is CC[C@H](C)N(CC(=O)N1CCN(c2ccc(-c3cccc(OC)c3)nn2)CC1)C(=O)C(C)C. The quantitative estimate of drug-likeness (QED) is 0.611. The van der Waals surface area contributed by atoms with Crippen molar-refractivity contribution in [3.05, 3.63) is 36.4 Å². The monoisotopic (exact) mass is 453 g/mol. The molecule has 2 heterocycles. The number of hydrogen-bond acceptors (Lipinski definition) is 6. The molecular weight excluding hydrogens is 418 g/mol. The molecule has 0 saturated carbocycles. The van der Waals surface area contributed by atoms with E-state index in [0.717, 1.165) is 29.2 Å². The minimum Gasteiger partial charge on any atom is -0.497 e. The van der Waals surface area contributed by atoms with Crippen LogP contribution in [0.4, 0.5) is 5.82 Å². The lowest BCUT2D eigenvalue weighted by Gasteiger charge is -2.37. The van der Waals surface area contributed by atoms with Crippen molar-refractivity contribution in [2.45, 2.75) is 40.2 Å². The molecule has 33 heavy (non-hydrogen) atoms. The number of anilines is 1. The number of benzene rings is 1. The summed E-state index contributed by atoms with van der Waals surface area (Å²) in [4.78, 5) is 31.2. The molecular formula is C25H35N5O3. The van der Waals surface area contributed by atoms with Crippen LogP contribution in [0.2, 0.25) is 0 Å². The van der Waals surface area contributed by atoms with Gasteiger partial charge in [-0.25, -0.2) is 0 Å². The predicted molar refractivity (Wildman–Crippen MR) is 129 cm³/mol. The van der Waals surface area contributed by atoms with E-state index in [1.807, 2.05) is 69.0 Å². The fourth-order valence-electron chi connectivity index (χ4n) is 3.86. The zero-order valence-corrected chi connectivity index (χ0v) is 20.3. The number of amides is 2. The van der Waals surface area contributed by atoms with Gasteiger partial charge in [-0.15, -0.1) is 10.2 Å². The van der Waals surface area contributed by atoms with Gasteiger partial charge in [0.1, 0.15) is 5.75 Å². The van der Waals surface area contributed by atoms with Gasteiger partial charge in [0.2, 0.25) is 11.8 Å². The van der Waals surface area contributed by atoms with Gasteiger partial charge in [0, 0.05) is 43.7 Å². The number of aromatic nitrogens is 2. The molecule has 1 fully saturated rings. The van der Waals surface area contributed by atoms with E-state index < -0.39 is 0 Å². The molecule has 1 aliphatic heterocycles. The Balaban J connectivity index is 1.58. The predicted octanol–water partition coefficient (Wildman–Crippen LogP) is 3.08. The van der Waals surface area contributed by atoms with Crippen LogP contribution in [-0.2, 0) is 9.59 Å². The number of carbonyl (C=O) groups is 2. The molecule has 0 aliphatic carbocycles. The van der Waals surface area contributed by atoms with Gasteiger partial charge < -0.3 is 19.4 Å². The summed E-state index contributed by atoms with van der Waals surface area (Å²) < 4.78 is 5.28. The summed E-state index contributed by atoms with van der Waals surface area (Å²) in [5.74, 6) is 1.49. The molecule has 3 rings (SSSR count). The van der Waals surface area contributed by atoms with E-state index >= 15 is 0 Å². The number of methoxy groups -OCH3 is 1. The fourth-order valence-corrected chi connectivity index (χ4v) is 3.86. The fraction of sp³-hybridized carbons (Fsp3) is 0.520. The third-order valence-corrected chi connectivity index (χ3v) is 6.18. The van der Waals surface area contributed by atoms with Gasteiger partial charge in [-0.1, -0.05) is 32.9 Å². The molecule has 0 bridgehead atoms. The summed E-state index contributed by atoms with van der Waals surface area (Å²) in [5, 5.41) is 8.79. The summed E-state index contributed by atoms with van der Waals surface area (Å²) >= 11 is 0. The van der Waals surface area contributed by atoms with Crippen molar-refractivity contribution < 1.29 is 14.3 Å². The zero-order chi connectivity index (χ0) is 24.0. The number of piperazine rings is 1. The first-order valence-electron chi connectivity index (χ1n) is 11.6. The molecule has 0 N–H and O–H groups in total. The Kier molecular flexibility index (Phi) is 8.25. The van der Waals surface area contributed by atoms with Crippen LogP contribution in [0.3, 0.4) is 0 Å². The Labute approximate surface area is 196 Å². The molecule has 8 heteroatoms. The average Bonchev–Trinajstić information content (AvgIpc) is 2.86. The highest BCUT2D eigenvalue weighted by molar-refractivity contribution is 5.86. The number of nitrogens with zero attached hydrogens (tertiary/aromatic N) is 5. The molecule has 1 atom stereocenters. The lowest BCUT2D eigenvalue weighted by Crippen LogP contribution is -2.53. The van der Waals surface area contributed by atoms with E-state index in [1.165, 1.54) is 0 Å². The lowest BCUT2D eigenvalue weighted by molar-refractivity contribution is -0.144. The number of hydrogen-bond donors (Lipinski definition) is 0. The minimum atomic E-state index is -0.123. The van der Waals surface area contributed by atoms with Gasteiger partial charge in [0.15, 0.2) is 5.82 Å². The highest BCUT2D eigenvalue weighted by atomic mass is 16.5. The number of carbonyl (C=O) groups excluding carboxylic acids is 2. The molecule has 178 valence electrons. The molecule has 1 aromatic heterocycles. The highest BCUT2D eigenvalue weighted by Gasteiger charge is 2.28. The van der Waals surface area contributed by atoms with Crippen LogP contribution in [0.25, 0.3) is 11.3 Å². The third kappa shape index (κ3) is 6.00. The Morgan fingerprint density at radius 1 is 1.06 bits per heavy atom. The molecule has 2 amide bonds. The molecule has 0 spiro atoms. The second-order valence-corrected chi connectivity index (χ2v) is 8.75. The number of ether oxygens (including phenoxy) is 1. The Morgan fingerprint density at radius 3 is 2.36 bits per heavy atom. The van der Waals surface area contributed by atoms with E-state index in [-0.39, 0.29) is 30.3 Å². The van der Waals surface area contributed by atoms with Gasteiger partial charge in [0.05, 0.1) is 19.3 Å². The van der Waals surface area contributed by atoms with Crippen LogP contribution in [0.5, 0.6) is 5.75 Å². The molecule has 2 aromatic rings. The van der Waals surface area contributed by atoms with Crippen molar-refractivity contribution in [1.29, 1.82) is 0 Å². The first-order valence-corrected chi connectivity index (χ1v) is 11.6. The largest absolute Gasteiger partial charge is 0.497 e. The smallest absolute Gasteiger partial charge is 0.242 e. The molecule has 0 radical (unpaired) electrons. The molecule has 0 unspecified atom stereocenters. The summed E-state index contributed by atoms with van der Waals surface area (Å²) in [6.07, 6.45) is 0.823. The van der Waals surface area contributed by atoms with Gasteiger partial charge in [-0.3, -0.25) is 9.59 Å². The second kappa shape index (κ2) is 11.1. The van der Waals surface area contributed by atoms with E-state index in [9.17, 15) is 9.59 Å². The van der Waals surface area contributed by atoms with E-state index in [1.54, 1.807) is 12.0 Å². The molecule has 8 nitrogen and oxygen atoms in total. The third-order valence-electron chi connectivity index (χ3n) is 6.18. The lowest BCUT2D eigenvalue weighted by atomic mass is 10.1. The van der Waals surface area contributed by atoms with Crippen LogP contribution >= 0.6 is 0 Å². The maximum atomic E-state index is 12.9. The second-order valence-electron chi connectivity index (χ2n) is 8.75. The number of rotatable bonds is 8. The van der Waals surface area contributed by atoms with E-state index in [4.69, 9.17) is 4.74 Å². The first-order chi connectivity index (χ1) is 15.8.